The molecule has 1 atom stereocenters. The Morgan fingerprint density at radius 2 is 1.79 bits per heavy atom. The molecule has 2 aromatic carbocycles. The monoisotopic (exact) mass is 541 g/mol. The van der Waals surface area contributed by atoms with E-state index < -0.39 is 29.6 Å². The van der Waals surface area contributed by atoms with E-state index in [9.17, 15) is 18.8 Å². The van der Waals surface area contributed by atoms with E-state index >= 15 is 0 Å². The summed E-state index contributed by atoms with van der Waals surface area (Å²) in [6.45, 7) is 0. The van der Waals surface area contributed by atoms with Crippen molar-refractivity contribution >= 4 is 40.6 Å². The molecule has 4 rings (SSSR count). The van der Waals surface area contributed by atoms with Crippen molar-refractivity contribution < 1.29 is 28.2 Å². The van der Waals surface area contributed by atoms with Gasteiger partial charge in [-0.05, 0) is 66.8 Å². The average Bonchev–Trinajstić information content (AvgIpc) is 3.56. The maximum atomic E-state index is 14.1. The number of ether oxygens (including phenoxy) is 2. The van der Waals surface area contributed by atoms with Gasteiger partial charge in [-0.25, -0.2) is 4.39 Å². The van der Waals surface area contributed by atoms with E-state index in [1.54, 1.807) is 18.2 Å². The molecule has 1 heterocycles. The molecule has 1 aliphatic rings. The van der Waals surface area contributed by atoms with Gasteiger partial charge in [0.15, 0.2) is 5.69 Å². The Hall–Kier alpha value is -4.19. The fraction of sp³-hybridized carbons (Fsp3) is 0.308. The van der Waals surface area contributed by atoms with Gasteiger partial charge >= 0.3 is 0 Å². The molecule has 1 aromatic heterocycles. The number of carbonyl (C=O) groups excluding carboxylic acids is 3. The summed E-state index contributed by atoms with van der Waals surface area (Å²) in [7, 11) is 2.92. The van der Waals surface area contributed by atoms with Crippen LogP contribution in [-0.2, 0) is 4.79 Å². The number of primary amides is 1. The van der Waals surface area contributed by atoms with Crippen molar-refractivity contribution in [2.75, 3.05) is 24.9 Å². The molecular weight excluding hydrogens is 513 g/mol. The van der Waals surface area contributed by atoms with Crippen molar-refractivity contribution in [3.63, 3.8) is 0 Å². The van der Waals surface area contributed by atoms with Crippen molar-refractivity contribution in [2.24, 2.45) is 5.73 Å². The zero-order chi connectivity index (χ0) is 27.4. The van der Waals surface area contributed by atoms with Crippen LogP contribution in [0.5, 0.6) is 11.5 Å². The molecule has 0 spiro atoms. The van der Waals surface area contributed by atoms with Gasteiger partial charge in [-0.15, -0.1) is 0 Å². The van der Waals surface area contributed by atoms with Gasteiger partial charge in [-0.2, -0.15) is 4.37 Å². The Balaban J connectivity index is 1.92. The summed E-state index contributed by atoms with van der Waals surface area (Å²) in [5, 5.41) is 3.05. The molecule has 0 saturated heterocycles. The first kappa shape index (κ1) is 26.9. The van der Waals surface area contributed by atoms with Crippen LogP contribution >= 0.6 is 11.5 Å². The van der Waals surface area contributed by atoms with Crippen LogP contribution in [-0.4, -0.2) is 42.4 Å². The number of methoxy groups -OCH3 is 2. The number of hydrogen-bond acceptors (Lipinski definition) is 8. The van der Waals surface area contributed by atoms with Crippen LogP contribution in [0.2, 0.25) is 0 Å². The highest BCUT2D eigenvalue weighted by molar-refractivity contribution is 7.09. The lowest BCUT2D eigenvalue weighted by molar-refractivity contribution is -0.123. The fourth-order valence-corrected chi connectivity index (χ4v) is 5.27. The van der Waals surface area contributed by atoms with Crippen LogP contribution < -0.4 is 31.2 Å². The second kappa shape index (κ2) is 11.5. The zero-order valence-electron chi connectivity index (χ0n) is 20.9. The number of halogens is 1. The summed E-state index contributed by atoms with van der Waals surface area (Å²) in [6, 6.07) is 8.65. The van der Waals surface area contributed by atoms with Crippen molar-refractivity contribution in [1.82, 2.24) is 9.69 Å². The molecule has 1 fully saturated rings. The number of aromatic nitrogens is 1. The Labute approximate surface area is 222 Å². The third-order valence-corrected chi connectivity index (χ3v) is 7.27. The number of carbonyl (C=O) groups is 3. The highest BCUT2D eigenvalue weighted by atomic mass is 32.1. The SMILES string of the molecule is COc1ccc(OC)c(C(C(=O)NC2CCCC2)N(C(=O)c2snc(C(N)=O)c2N)c2ccc(F)cc2)c1. The van der Waals surface area contributed by atoms with Gasteiger partial charge in [0, 0.05) is 17.3 Å². The summed E-state index contributed by atoms with van der Waals surface area (Å²) in [6.07, 6.45) is 3.57. The van der Waals surface area contributed by atoms with Gasteiger partial charge in [0.1, 0.15) is 28.2 Å². The van der Waals surface area contributed by atoms with Crippen molar-refractivity contribution in [3.8, 4) is 11.5 Å². The van der Waals surface area contributed by atoms with Crippen molar-refractivity contribution in [1.29, 1.82) is 0 Å². The van der Waals surface area contributed by atoms with E-state index in [4.69, 9.17) is 20.9 Å². The van der Waals surface area contributed by atoms with E-state index in [0.29, 0.717) is 28.6 Å². The lowest BCUT2D eigenvalue weighted by atomic mass is 10.00. The first-order valence-corrected chi connectivity index (χ1v) is 12.7. The van der Waals surface area contributed by atoms with Crippen LogP contribution in [0.15, 0.2) is 42.5 Å². The molecule has 10 nitrogen and oxygen atoms in total. The highest BCUT2D eigenvalue weighted by Gasteiger charge is 2.38. The number of nitrogens with zero attached hydrogens (tertiary/aromatic N) is 2. The number of benzene rings is 2. The Bertz CT molecular complexity index is 1340. The van der Waals surface area contributed by atoms with Crippen molar-refractivity contribution in [3.05, 3.63) is 64.4 Å². The first-order chi connectivity index (χ1) is 18.2. The predicted octanol–water partition coefficient (Wildman–Crippen LogP) is 3.43. The largest absolute Gasteiger partial charge is 0.497 e. The zero-order valence-corrected chi connectivity index (χ0v) is 21.7. The molecule has 1 unspecified atom stereocenters. The van der Waals surface area contributed by atoms with Crippen molar-refractivity contribution in [2.45, 2.75) is 37.8 Å². The lowest BCUT2D eigenvalue weighted by Gasteiger charge is -2.33. The van der Waals surface area contributed by atoms with E-state index in [0.717, 1.165) is 25.7 Å². The normalized spacial score (nSPS) is 14.1. The molecular formula is C26H28FN5O5S. The van der Waals surface area contributed by atoms with E-state index in [1.807, 2.05) is 0 Å². The number of rotatable bonds is 9. The lowest BCUT2D eigenvalue weighted by Crippen LogP contribution is -2.46. The second-order valence-electron chi connectivity index (χ2n) is 8.79. The number of nitrogens with two attached hydrogens (primary N) is 2. The number of nitrogen functional groups attached to an aromatic ring is 1. The fourth-order valence-electron chi connectivity index (χ4n) is 4.52. The standard InChI is InChI=1S/C26H28FN5O5S/c1-36-17-11-12-19(37-2)18(13-17)22(25(34)30-15-5-3-4-6-15)32(16-9-7-14(27)8-10-16)26(35)23-20(28)21(24(29)33)31-38-23/h7-13,15,22H,3-6,28H2,1-2H3,(H2,29,33)(H,30,34). The molecule has 200 valence electrons. The number of anilines is 2. The Kier molecular flexibility index (Phi) is 8.10. The quantitative estimate of drug-likeness (QED) is 0.376. The van der Waals surface area contributed by atoms with E-state index in [2.05, 4.69) is 9.69 Å². The second-order valence-corrected chi connectivity index (χ2v) is 9.56. The van der Waals surface area contributed by atoms with E-state index in [1.165, 1.54) is 43.4 Å². The molecule has 1 aliphatic carbocycles. The van der Waals surface area contributed by atoms with Gasteiger partial charge in [0.25, 0.3) is 11.8 Å². The summed E-state index contributed by atoms with van der Waals surface area (Å²) in [5.41, 5.74) is 11.5. The Morgan fingerprint density at radius 1 is 1.11 bits per heavy atom. The minimum atomic E-state index is -1.28. The number of hydrogen-bond donors (Lipinski definition) is 3. The van der Waals surface area contributed by atoms with Gasteiger partial charge < -0.3 is 26.3 Å². The molecule has 3 amide bonds. The third kappa shape index (κ3) is 5.40. The van der Waals surface area contributed by atoms with Crippen LogP contribution in [0.3, 0.4) is 0 Å². The van der Waals surface area contributed by atoms with Crippen LogP contribution in [0.25, 0.3) is 0 Å². The minimum Gasteiger partial charge on any atom is -0.497 e. The van der Waals surface area contributed by atoms with E-state index in [-0.39, 0.29) is 28.0 Å². The molecule has 3 aromatic rings. The third-order valence-electron chi connectivity index (χ3n) is 6.42. The first-order valence-electron chi connectivity index (χ1n) is 11.9. The smallest absolute Gasteiger partial charge is 0.273 e. The van der Waals surface area contributed by atoms with Gasteiger partial charge in [0.2, 0.25) is 5.91 Å². The molecule has 38 heavy (non-hydrogen) atoms. The molecule has 5 N–H and O–H groups in total. The van der Waals surface area contributed by atoms with Gasteiger partial charge in [0.05, 0.1) is 19.9 Å². The molecule has 0 radical (unpaired) electrons. The topological polar surface area (TPSA) is 150 Å². The maximum Gasteiger partial charge on any atom is 0.273 e. The predicted molar refractivity (Wildman–Crippen MR) is 141 cm³/mol. The highest BCUT2D eigenvalue weighted by Crippen LogP contribution is 2.38. The average molecular weight is 542 g/mol. The van der Waals surface area contributed by atoms with Crippen LogP contribution in [0.1, 0.15) is 57.4 Å². The van der Waals surface area contributed by atoms with Gasteiger partial charge in [-0.1, -0.05) is 12.8 Å². The molecule has 1 saturated carbocycles. The molecule has 0 aliphatic heterocycles. The van der Waals surface area contributed by atoms with Crippen LogP contribution in [0.4, 0.5) is 15.8 Å². The summed E-state index contributed by atoms with van der Waals surface area (Å²) in [4.78, 5) is 41.0. The summed E-state index contributed by atoms with van der Waals surface area (Å²) < 4.78 is 28.8. The van der Waals surface area contributed by atoms with Crippen LogP contribution in [0, 0.1) is 5.82 Å². The molecule has 0 bridgehead atoms. The Morgan fingerprint density at radius 3 is 2.37 bits per heavy atom. The maximum absolute atomic E-state index is 14.1. The summed E-state index contributed by atoms with van der Waals surface area (Å²) >= 11 is 0.685. The van der Waals surface area contributed by atoms with Gasteiger partial charge in [-0.3, -0.25) is 19.3 Å². The minimum absolute atomic E-state index is 0.0679. The number of nitrogens with one attached hydrogen (secondary N) is 1. The molecule has 12 heteroatoms. The summed E-state index contributed by atoms with van der Waals surface area (Å²) in [5.74, 6) is -1.86. The number of amides is 3.